The van der Waals surface area contributed by atoms with Gasteiger partial charge in [-0.2, -0.15) is 0 Å². The zero-order chi connectivity index (χ0) is 4.99. The molecule has 0 radical (unpaired) electrons. The van der Waals surface area contributed by atoms with Crippen LogP contribution in [0, 0.1) is 0 Å². The Morgan fingerprint density at radius 1 is 1.83 bits per heavy atom. The fourth-order valence-electron chi connectivity index (χ4n) is 0.0304. The van der Waals surface area contributed by atoms with Gasteiger partial charge in [-0.05, 0) is 22.6 Å². The molecular formula is C3H3IO2. The van der Waals surface area contributed by atoms with Crippen LogP contribution in [0.4, 0.5) is 0 Å². The fraction of sp³-hybridized carbons (Fsp3) is 0. The van der Waals surface area contributed by atoms with Crippen molar-refractivity contribution in [1.29, 1.82) is 0 Å². The van der Waals surface area contributed by atoms with Crippen molar-refractivity contribution >= 4 is 28.9 Å². The third kappa shape index (κ3) is 2.19. The van der Waals surface area contributed by atoms with Crippen LogP contribution < -0.4 is 0 Å². The van der Waals surface area contributed by atoms with Crippen molar-refractivity contribution in [2.45, 2.75) is 0 Å². The van der Waals surface area contributed by atoms with E-state index < -0.39 is 0 Å². The predicted octanol–water partition coefficient (Wildman–Crippen LogP) is 1.02. The van der Waals surface area contributed by atoms with Crippen molar-refractivity contribution in [1.82, 2.24) is 0 Å². The van der Waals surface area contributed by atoms with E-state index in [4.69, 9.17) is 5.11 Å². The maximum Gasteiger partial charge on any atom is 0.159 e. The Morgan fingerprint density at radius 2 is 2.33 bits per heavy atom. The average Bonchev–Trinajstić information content (AvgIpc) is 1.65. The molecule has 0 bridgehead atoms. The summed E-state index contributed by atoms with van der Waals surface area (Å²) in [5.41, 5.74) is 0. The van der Waals surface area contributed by atoms with Gasteiger partial charge in [0.15, 0.2) is 6.29 Å². The smallest absolute Gasteiger partial charge is 0.159 e. The number of carbonyl (C=O) groups excluding carboxylic acids is 1. The molecule has 34 valence electrons. The third-order valence-electron chi connectivity index (χ3n) is 0.236. The average molecular weight is 198 g/mol. The highest BCUT2D eigenvalue weighted by Gasteiger charge is 1.77. The molecule has 0 aliphatic carbocycles. The lowest BCUT2D eigenvalue weighted by Gasteiger charge is -1.70. The van der Waals surface area contributed by atoms with Gasteiger partial charge in [0, 0.05) is 0 Å². The number of halogens is 1. The number of aldehydes is 1. The standard InChI is InChI=1S/C3H3IO2/c4-3(1-5)2-6/h1-2,5H. The first-order chi connectivity index (χ1) is 2.81. The highest BCUT2D eigenvalue weighted by Crippen LogP contribution is 1.96. The van der Waals surface area contributed by atoms with Crippen LogP contribution in [0.3, 0.4) is 0 Å². The van der Waals surface area contributed by atoms with Crippen molar-refractivity contribution < 1.29 is 9.90 Å². The Morgan fingerprint density at radius 3 is 2.33 bits per heavy atom. The molecule has 0 heterocycles. The maximum absolute atomic E-state index is 9.50. The second-order valence-corrected chi connectivity index (χ2v) is 1.88. The van der Waals surface area contributed by atoms with Gasteiger partial charge in [0.05, 0.1) is 9.84 Å². The summed E-state index contributed by atoms with van der Waals surface area (Å²) < 4.78 is 0.313. The van der Waals surface area contributed by atoms with E-state index in [-0.39, 0.29) is 0 Å². The molecule has 0 aliphatic rings. The summed E-state index contributed by atoms with van der Waals surface area (Å²) in [6.45, 7) is 0. The molecule has 0 saturated heterocycles. The van der Waals surface area contributed by atoms with Crippen molar-refractivity contribution in [3.05, 3.63) is 9.84 Å². The van der Waals surface area contributed by atoms with Gasteiger partial charge in [0.2, 0.25) is 0 Å². The van der Waals surface area contributed by atoms with Gasteiger partial charge >= 0.3 is 0 Å². The topological polar surface area (TPSA) is 37.3 Å². The van der Waals surface area contributed by atoms with Crippen molar-refractivity contribution in [2.75, 3.05) is 0 Å². The van der Waals surface area contributed by atoms with Gasteiger partial charge in [-0.15, -0.1) is 0 Å². The molecule has 3 heteroatoms. The van der Waals surface area contributed by atoms with E-state index in [0.29, 0.717) is 9.87 Å². The van der Waals surface area contributed by atoms with E-state index in [2.05, 4.69) is 0 Å². The van der Waals surface area contributed by atoms with Crippen LogP contribution in [-0.2, 0) is 4.79 Å². The van der Waals surface area contributed by atoms with Crippen LogP contribution in [0.25, 0.3) is 0 Å². The van der Waals surface area contributed by atoms with Gasteiger partial charge in [0.1, 0.15) is 0 Å². The van der Waals surface area contributed by atoms with Gasteiger partial charge in [-0.3, -0.25) is 4.79 Å². The van der Waals surface area contributed by atoms with Crippen LogP contribution in [0.1, 0.15) is 0 Å². The monoisotopic (exact) mass is 198 g/mol. The van der Waals surface area contributed by atoms with Crippen molar-refractivity contribution in [3.8, 4) is 0 Å². The molecule has 0 aromatic heterocycles. The second kappa shape index (κ2) is 3.14. The van der Waals surface area contributed by atoms with Crippen molar-refractivity contribution in [2.24, 2.45) is 0 Å². The highest BCUT2D eigenvalue weighted by molar-refractivity contribution is 14.1. The summed E-state index contributed by atoms with van der Waals surface area (Å²) in [5, 5.41) is 7.93. The van der Waals surface area contributed by atoms with Gasteiger partial charge in [-0.1, -0.05) is 0 Å². The molecule has 0 rings (SSSR count). The number of aliphatic hydroxyl groups excluding tert-OH is 1. The van der Waals surface area contributed by atoms with E-state index in [1.54, 1.807) is 22.6 Å². The molecule has 0 aliphatic heterocycles. The molecule has 2 nitrogen and oxygen atoms in total. The zero-order valence-corrected chi connectivity index (χ0v) is 5.05. The number of carbonyl (C=O) groups is 1. The van der Waals surface area contributed by atoms with Crippen LogP contribution in [0.5, 0.6) is 0 Å². The summed E-state index contributed by atoms with van der Waals surface area (Å²) in [7, 11) is 0. The molecule has 0 fully saturated rings. The molecule has 0 atom stereocenters. The summed E-state index contributed by atoms with van der Waals surface area (Å²) in [6, 6.07) is 0. The van der Waals surface area contributed by atoms with Crippen LogP contribution in [-0.4, -0.2) is 11.4 Å². The maximum atomic E-state index is 9.50. The normalized spacial score (nSPS) is 11.2. The summed E-state index contributed by atoms with van der Waals surface area (Å²) in [4.78, 5) is 9.50. The summed E-state index contributed by atoms with van der Waals surface area (Å²) in [5.74, 6) is 0. The van der Waals surface area contributed by atoms with Gasteiger partial charge < -0.3 is 5.11 Å². The molecule has 0 amide bonds. The fourth-order valence-corrected chi connectivity index (χ4v) is 0.0304. The summed E-state index contributed by atoms with van der Waals surface area (Å²) >= 11 is 1.71. The van der Waals surface area contributed by atoms with Gasteiger partial charge in [0.25, 0.3) is 0 Å². The molecule has 0 spiro atoms. The molecule has 0 aromatic rings. The largest absolute Gasteiger partial charge is 0.514 e. The van der Waals surface area contributed by atoms with E-state index in [9.17, 15) is 4.79 Å². The minimum atomic E-state index is 0.313. The van der Waals surface area contributed by atoms with Crippen LogP contribution in [0.2, 0.25) is 0 Å². The van der Waals surface area contributed by atoms with E-state index in [0.717, 1.165) is 6.26 Å². The summed E-state index contributed by atoms with van der Waals surface area (Å²) in [6.07, 6.45) is 1.33. The Labute approximate surface area is 49.0 Å². The lowest BCUT2D eigenvalue weighted by Crippen LogP contribution is -1.66. The zero-order valence-electron chi connectivity index (χ0n) is 2.89. The van der Waals surface area contributed by atoms with E-state index in [1.807, 2.05) is 0 Å². The molecular weight excluding hydrogens is 195 g/mol. The highest BCUT2D eigenvalue weighted by atomic mass is 127. The second-order valence-electron chi connectivity index (χ2n) is 0.632. The van der Waals surface area contributed by atoms with Crippen molar-refractivity contribution in [3.63, 3.8) is 0 Å². The first-order valence-corrected chi connectivity index (χ1v) is 2.34. The third-order valence-corrected chi connectivity index (χ3v) is 0.769. The predicted molar refractivity (Wildman–Crippen MR) is 30.8 cm³/mol. The number of aliphatic hydroxyl groups is 1. The molecule has 1 N–H and O–H groups in total. The quantitative estimate of drug-likeness (QED) is 0.295. The first kappa shape index (κ1) is 5.94. The SMILES string of the molecule is O=CC(I)=CO. The number of hydrogen-bond acceptors (Lipinski definition) is 2. The minimum Gasteiger partial charge on any atom is -0.514 e. The first-order valence-electron chi connectivity index (χ1n) is 1.26. The van der Waals surface area contributed by atoms with E-state index >= 15 is 0 Å². The Kier molecular flexibility index (Phi) is 3.11. The Balaban J connectivity index is 3.50. The number of hydrogen-bond donors (Lipinski definition) is 1. The number of rotatable bonds is 1. The Bertz CT molecular complexity index is 76.9. The van der Waals surface area contributed by atoms with Gasteiger partial charge in [-0.25, -0.2) is 0 Å². The minimum absolute atomic E-state index is 0.313. The lowest BCUT2D eigenvalue weighted by molar-refractivity contribution is -0.104. The molecule has 0 aromatic carbocycles. The van der Waals surface area contributed by atoms with E-state index in [1.165, 1.54) is 0 Å². The van der Waals surface area contributed by atoms with Crippen LogP contribution in [0.15, 0.2) is 9.84 Å². The Hall–Kier alpha value is -0.0600. The molecule has 0 saturated carbocycles. The van der Waals surface area contributed by atoms with Crippen LogP contribution >= 0.6 is 22.6 Å². The number of allylic oxidation sites excluding steroid dienone is 1. The lowest BCUT2D eigenvalue weighted by atomic mass is 10.7. The molecule has 0 unspecified atom stereocenters. The molecule has 6 heavy (non-hydrogen) atoms.